The van der Waals surface area contributed by atoms with Gasteiger partial charge in [-0.3, -0.25) is 0 Å². The van der Waals surface area contributed by atoms with Crippen molar-refractivity contribution in [2.24, 2.45) is 5.84 Å². The van der Waals surface area contributed by atoms with Crippen LogP contribution in [0.25, 0.3) is 10.9 Å². The molecule has 0 bridgehead atoms. The summed E-state index contributed by atoms with van der Waals surface area (Å²) in [7, 11) is 1.62. The Morgan fingerprint density at radius 2 is 2.13 bits per heavy atom. The fraction of sp³-hybridized carbons (Fsp3) is 0.100. The van der Waals surface area contributed by atoms with Crippen LogP contribution in [0.4, 0.5) is 5.82 Å². The minimum atomic E-state index is 0.610. The molecule has 1 aromatic heterocycles. The molecule has 0 spiro atoms. The Morgan fingerprint density at radius 3 is 2.80 bits per heavy atom. The Labute approximate surface area is 95.5 Å². The van der Waals surface area contributed by atoms with Gasteiger partial charge in [-0.25, -0.2) is 10.8 Å². The van der Waals surface area contributed by atoms with Gasteiger partial charge in [0.2, 0.25) is 0 Å². The number of rotatable bonds is 2. The highest BCUT2D eigenvalue weighted by atomic mass is 79.9. The molecule has 0 aliphatic rings. The highest BCUT2D eigenvalue weighted by Crippen LogP contribution is 2.30. The average molecular weight is 268 g/mol. The van der Waals surface area contributed by atoms with Crippen molar-refractivity contribution < 1.29 is 4.74 Å². The zero-order chi connectivity index (χ0) is 10.8. The molecule has 0 saturated carbocycles. The quantitative estimate of drug-likeness (QED) is 0.648. The van der Waals surface area contributed by atoms with Gasteiger partial charge in [-0.05, 0) is 24.3 Å². The molecule has 0 unspecified atom stereocenters. The molecule has 0 saturated heterocycles. The second-order valence-corrected chi connectivity index (χ2v) is 3.84. The number of nitrogens with one attached hydrogen (secondary N) is 1. The summed E-state index contributed by atoms with van der Waals surface area (Å²) in [6, 6.07) is 7.54. The summed E-state index contributed by atoms with van der Waals surface area (Å²) in [5.41, 5.74) is 3.29. The number of ether oxygens (including phenoxy) is 1. The summed E-state index contributed by atoms with van der Waals surface area (Å²) in [5, 5.41) is 0.994. The summed E-state index contributed by atoms with van der Waals surface area (Å²) in [5.74, 6) is 6.64. The highest BCUT2D eigenvalue weighted by molar-refractivity contribution is 9.10. The lowest BCUT2D eigenvalue weighted by Gasteiger charge is -2.07. The van der Waals surface area contributed by atoms with Crippen molar-refractivity contribution in [1.29, 1.82) is 0 Å². The van der Waals surface area contributed by atoms with Crippen LogP contribution in [-0.2, 0) is 0 Å². The number of anilines is 1. The van der Waals surface area contributed by atoms with Gasteiger partial charge in [0.05, 0.1) is 7.11 Å². The van der Waals surface area contributed by atoms with Gasteiger partial charge in [0.1, 0.15) is 17.1 Å². The van der Waals surface area contributed by atoms with Gasteiger partial charge in [0, 0.05) is 9.86 Å². The third kappa shape index (κ3) is 1.75. The second kappa shape index (κ2) is 4.04. The maximum absolute atomic E-state index is 5.31. The summed E-state index contributed by atoms with van der Waals surface area (Å²) in [6.07, 6.45) is 0. The van der Waals surface area contributed by atoms with Crippen molar-refractivity contribution in [3.05, 3.63) is 28.7 Å². The standard InChI is InChI=1S/C10H10BrN3O/c1-15-8-4-3-7(11)6-2-5-9(14-12)13-10(6)8/h2-5H,12H2,1H3,(H,13,14). The van der Waals surface area contributed by atoms with Crippen molar-refractivity contribution >= 4 is 32.7 Å². The van der Waals surface area contributed by atoms with Gasteiger partial charge in [-0.2, -0.15) is 0 Å². The Morgan fingerprint density at radius 1 is 1.33 bits per heavy atom. The van der Waals surface area contributed by atoms with Crippen LogP contribution in [0.15, 0.2) is 28.7 Å². The predicted octanol–water partition coefficient (Wildman–Crippen LogP) is 2.29. The van der Waals surface area contributed by atoms with Crippen LogP contribution in [0.2, 0.25) is 0 Å². The first-order valence-electron chi connectivity index (χ1n) is 4.36. The van der Waals surface area contributed by atoms with E-state index in [0.29, 0.717) is 5.82 Å². The van der Waals surface area contributed by atoms with Crippen LogP contribution in [0.1, 0.15) is 0 Å². The van der Waals surface area contributed by atoms with E-state index in [0.717, 1.165) is 21.1 Å². The zero-order valence-electron chi connectivity index (χ0n) is 8.12. The molecule has 5 heteroatoms. The maximum Gasteiger partial charge on any atom is 0.145 e. The lowest BCUT2D eigenvalue weighted by atomic mass is 10.2. The van der Waals surface area contributed by atoms with E-state index in [4.69, 9.17) is 10.6 Å². The van der Waals surface area contributed by atoms with Gasteiger partial charge < -0.3 is 10.2 Å². The summed E-state index contributed by atoms with van der Waals surface area (Å²) >= 11 is 3.46. The van der Waals surface area contributed by atoms with Crippen molar-refractivity contribution in [2.45, 2.75) is 0 Å². The van der Waals surface area contributed by atoms with E-state index in [1.54, 1.807) is 7.11 Å². The molecule has 3 N–H and O–H groups in total. The molecule has 0 radical (unpaired) electrons. The number of benzene rings is 1. The summed E-state index contributed by atoms with van der Waals surface area (Å²) in [4.78, 5) is 4.33. The van der Waals surface area contributed by atoms with Crippen molar-refractivity contribution in [1.82, 2.24) is 4.98 Å². The maximum atomic E-state index is 5.31. The number of methoxy groups -OCH3 is 1. The van der Waals surface area contributed by atoms with E-state index in [2.05, 4.69) is 26.3 Å². The third-order valence-electron chi connectivity index (χ3n) is 2.13. The molecule has 1 aromatic carbocycles. The SMILES string of the molecule is COc1ccc(Br)c2ccc(NN)nc12. The van der Waals surface area contributed by atoms with Gasteiger partial charge in [0.15, 0.2) is 0 Å². The van der Waals surface area contributed by atoms with Crippen LogP contribution in [-0.4, -0.2) is 12.1 Å². The minimum Gasteiger partial charge on any atom is -0.494 e. The number of nitrogens with two attached hydrogens (primary N) is 1. The van der Waals surface area contributed by atoms with Crippen LogP contribution in [0, 0.1) is 0 Å². The first-order valence-corrected chi connectivity index (χ1v) is 5.15. The Hall–Kier alpha value is -1.33. The van der Waals surface area contributed by atoms with Crippen molar-refractivity contribution in [3.63, 3.8) is 0 Å². The van der Waals surface area contributed by atoms with Crippen LogP contribution in [0.3, 0.4) is 0 Å². The summed E-state index contributed by atoms with van der Waals surface area (Å²) < 4.78 is 6.21. The fourth-order valence-corrected chi connectivity index (χ4v) is 1.85. The number of pyridine rings is 1. The van der Waals surface area contributed by atoms with Crippen LogP contribution in [0.5, 0.6) is 5.75 Å². The van der Waals surface area contributed by atoms with E-state index in [9.17, 15) is 0 Å². The molecule has 0 aliphatic carbocycles. The molecule has 1 heterocycles. The molecule has 2 rings (SSSR count). The minimum absolute atomic E-state index is 0.610. The van der Waals surface area contributed by atoms with Gasteiger partial charge in [0.25, 0.3) is 0 Å². The molecule has 2 aromatic rings. The monoisotopic (exact) mass is 267 g/mol. The van der Waals surface area contributed by atoms with E-state index >= 15 is 0 Å². The van der Waals surface area contributed by atoms with Gasteiger partial charge in [-0.1, -0.05) is 15.9 Å². The molecule has 15 heavy (non-hydrogen) atoms. The van der Waals surface area contributed by atoms with E-state index in [-0.39, 0.29) is 0 Å². The number of nitrogen functional groups attached to an aromatic ring is 1. The lowest BCUT2D eigenvalue weighted by molar-refractivity contribution is 0.419. The highest BCUT2D eigenvalue weighted by Gasteiger charge is 2.06. The van der Waals surface area contributed by atoms with E-state index < -0.39 is 0 Å². The van der Waals surface area contributed by atoms with Crippen LogP contribution < -0.4 is 16.0 Å². The number of halogens is 1. The fourth-order valence-electron chi connectivity index (χ4n) is 1.40. The zero-order valence-corrected chi connectivity index (χ0v) is 9.71. The van der Waals surface area contributed by atoms with Crippen molar-refractivity contribution in [2.75, 3.05) is 12.5 Å². The Balaban J connectivity index is 2.77. The third-order valence-corrected chi connectivity index (χ3v) is 2.83. The molecule has 4 nitrogen and oxygen atoms in total. The molecule has 78 valence electrons. The number of hydrogen-bond donors (Lipinski definition) is 2. The summed E-state index contributed by atoms with van der Waals surface area (Å²) in [6.45, 7) is 0. The average Bonchev–Trinajstić information content (AvgIpc) is 2.29. The van der Waals surface area contributed by atoms with Gasteiger partial charge >= 0.3 is 0 Å². The molecule has 0 amide bonds. The lowest BCUT2D eigenvalue weighted by Crippen LogP contribution is -2.08. The molecular weight excluding hydrogens is 258 g/mol. The molecule has 0 atom stereocenters. The number of fused-ring (bicyclic) bond motifs is 1. The normalized spacial score (nSPS) is 10.3. The smallest absolute Gasteiger partial charge is 0.145 e. The first-order chi connectivity index (χ1) is 7.26. The Kier molecular flexibility index (Phi) is 2.75. The second-order valence-electron chi connectivity index (χ2n) is 2.99. The number of nitrogens with zero attached hydrogens (tertiary/aromatic N) is 1. The van der Waals surface area contributed by atoms with Crippen LogP contribution >= 0.6 is 15.9 Å². The topological polar surface area (TPSA) is 60.2 Å². The molecular formula is C10H10BrN3O. The predicted molar refractivity (Wildman–Crippen MR) is 63.8 cm³/mol. The largest absolute Gasteiger partial charge is 0.494 e. The van der Waals surface area contributed by atoms with Crippen molar-refractivity contribution in [3.8, 4) is 5.75 Å². The van der Waals surface area contributed by atoms with E-state index in [1.807, 2.05) is 24.3 Å². The molecule has 0 aliphatic heterocycles. The van der Waals surface area contributed by atoms with E-state index in [1.165, 1.54) is 0 Å². The van der Waals surface area contributed by atoms with Gasteiger partial charge in [-0.15, -0.1) is 0 Å². The molecule has 0 fully saturated rings. The number of hydrazine groups is 1. The number of aromatic nitrogens is 1. The number of hydrogen-bond acceptors (Lipinski definition) is 4. The Bertz CT molecular complexity index is 501. The first kappa shape index (κ1) is 10.2.